The fraction of sp³-hybridized carbons (Fsp3) is 0.810. The Morgan fingerprint density at radius 2 is 1.81 bits per heavy atom. The molecule has 0 amide bonds. The Morgan fingerprint density at radius 3 is 2.39 bits per heavy atom. The summed E-state index contributed by atoms with van der Waals surface area (Å²) in [4.78, 5) is 49.5. The fourth-order valence-electron chi connectivity index (χ4n) is 5.09. The van der Waals surface area contributed by atoms with Crippen LogP contribution in [0.5, 0.6) is 0 Å². The highest BCUT2D eigenvalue weighted by Gasteiger charge is 2.70. The molecule has 12 nitrogen and oxygen atoms in total. The summed E-state index contributed by atoms with van der Waals surface area (Å²) in [5, 5.41) is -4.74. The van der Waals surface area contributed by atoms with E-state index in [9.17, 15) is 36.4 Å². The van der Waals surface area contributed by atoms with Gasteiger partial charge in [-0.2, -0.15) is 17.2 Å². The van der Waals surface area contributed by atoms with Crippen LogP contribution in [0.25, 0.3) is 0 Å². The van der Waals surface area contributed by atoms with Crippen molar-refractivity contribution in [3.8, 4) is 0 Å². The number of hydrogen-bond acceptors (Lipinski definition) is 11. The van der Waals surface area contributed by atoms with E-state index in [0.29, 0.717) is 26.2 Å². The average molecular weight is 543 g/mol. The summed E-state index contributed by atoms with van der Waals surface area (Å²) in [7, 11) is -4.44. The van der Waals surface area contributed by atoms with Crippen LogP contribution >= 0.6 is 0 Å². The van der Waals surface area contributed by atoms with Gasteiger partial charge in [-0.1, -0.05) is 13.3 Å². The highest BCUT2D eigenvalue weighted by molar-refractivity contribution is 7.86. The number of halogens is 2. The van der Waals surface area contributed by atoms with Crippen LogP contribution in [0.15, 0.2) is 0 Å². The molecule has 0 aromatic carbocycles. The van der Waals surface area contributed by atoms with Crippen LogP contribution in [0.3, 0.4) is 0 Å². The molecule has 3 aliphatic rings. The minimum Gasteiger partial charge on any atom is -0.458 e. The van der Waals surface area contributed by atoms with Gasteiger partial charge in [-0.05, 0) is 13.3 Å². The first kappa shape index (κ1) is 28.2. The maximum atomic E-state index is 13.5. The monoisotopic (exact) mass is 542 g/mol. The van der Waals surface area contributed by atoms with Crippen LogP contribution in [-0.2, 0) is 53.0 Å². The Balaban J connectivity index is 1.58. The van der Waals surface area contributed by atoms with Crippen LogP contribution < -0.4 is 0 Å². The van der Waals surface area contributed by atoms with E-state index in [2.05, 4.69) is 4.74 Å². The Labute approximate surface area is 205 Å². The summed E-state index contributed by atoms with van der Waals surface area (Å²) < 4.78 is 82.7. The molecule has 1 N–H and O–H groups in total. The predicted molar refractivity (Wildman–Crippen MR) is 111 cm³/mol. The third-order valence-corrected chi connectivity index (χ3v) is 7.80. The van der Waals surface area contributed by atoms with Gasteiger partial charge >= 0.3 is 39.2 Å². The molecule has 3 fully saturated rings. The second-order valence-electron chi connectivity index (χ2n) is 9.03. The van der Waals surface area contributed by atoms with Gasteiger partial charge in [0.05, 0.1) is 24.7 Å². The lowest BCUT2D eigenvalue weighted by molar-refractivity contribution is -0.186. The number of carbonyl (C=O) groups excluding carboxylic acids is 4. The van der Waals surface area contributed by atoms with E-state index in [1.165, 1.54) is 7.11 Å². The van der Waals surface area contributed by atoms with E-state index in [-0.39, 0.29) is 5.92 Å². The number of fused-ring (bicyclic) bond motifs is 1. The maximum absolute atomic E-state index is 13.5. The van der Waals surface area contributed by atoms with Crippen molar-refractivity contribution in [1.82, 2.24) is 0 Å². The second-order valence-corrected chi connectivity index (χ2v) is 10.5. The quantitative estimate of drug-likeness (QED) is 0.162. The van der Waals surface area contributed by atoms with Gasteiger partial charge in [0.25, 0.3) is 0 Å². The number of esters is 4. The van der Waals surface area contributed by atoms with E-state index in [1.807, 2.05) is 6.92 Å². The molecule has 0 spiro atoms. The van der Waals surface area contributed by atoms with E-state index in [0.717, 1.165) is 0 Å². The predicted octanol–water partition coefficient (Wildman–Crippen LogP) is 1.21. The van der Waals surface area contributed by atoms with Crippen LogP contribution in [0.4, 0.5) is 8.78 Å². The van der Waals surface area contributed by atoms with E-state index in [1.54, 1.807) is 0 Å². The number of carbonyl (C=O) groups is 4. The van der Waals surface area contributed by atoms with Gasteiger partial charge in [-0.15, -0.1) is 0 Å². The van der Waals surface area contributed by atoms with Crippen LogP contribution in [0, 0.1) is 23.7 Å². The van der Waals surface area contributed by atoms with Crippen molar-refractivity contribution >= 4 is 34.0 Å². The lowest BCUT2D eigenvalue weighted by Gasteiger charge is -2.31. The van der Waals surface area contributed by atoms with Crippen LogP contribution in [-0.4, -0.2) is 73.8 Å². The summed E-state index contributed by atoms with van der Waals surface area (Å²) in [6, 6.07) is 0. The summed E-state index contributed by atoms with van der Waals surface area (Å²) in [5.74, 6) is -6.05. The molecule has 36 heavy (non-hydrogen) atoms. The zero-order valence-corrected chi connectivity index (χ0v) is 20.6. The lowest BCUT2D eigenvalue weighted by Crippen LogP contribution is -2.44. The van der Waals surface area contributed by atoms with Crippen molar-refractivity contribution in [2.75, 3.05) is 7.11 Å². The first-order chi connectivity index (χ1) is 16.7. The minimum atomic E-state index is -5.82. The second kappa shape index (κ2) is 10.5. The molecule has 8 unspecified atom stereocenters. The van der Waals surface area contributed by atoms with E-state index >= 15 is 0 Å². The molecule has 0 aromatic heterocycles. The highest BCUT2D eigenvalue weighted by atomic mass is 32.2. The third-order valence-electron chi connectivity index (χ3n) is 6.78. The maximum Gasteiger partial charge on any atom is 0.405 e. The molecule has 1 saturated heterocycles. The molecule has 15 heteroatoms. The Morgan fingerprint density at radius 1 is 1.17 bits per heavy atom. The summed E-state index contributed by atoms with van der Waals surface area (Å²) >= 11 is 0. The number of ether oxygens (including phenoxy) is 5. The van der Waals surface area contributed by atoms with Gasteiger partial charge in [0, 0.05) is 25.4 Å². The van der Waals surface area contributed by atoms with Crippen molar-refractivity contribution in [2.24, 2.45) is 23.7 Å². The van der Waals surface area contributed by atoms with Gasteiger partial charge in [0.2, 0.25) is 6.29 Å². The number of methoxy groups -OCH3 is 1. The first-order valence-corrected chi connectivity index (χ1v) is 12.8. The zero-order valence-electron chi connectivity index (χ0n) is 19.8. The normalized spacial score (nSPS) is 30.4. The van der Waals surface area contributed by atoms with Gasteiger partial charge in [-0.25, -0.2) is 0 Å². The molecule has 1 heterocycles. The van der Waals surface area contributed by atoms with Crippen LogP contribution in [0.1, 0.15) is 46.0 Å². The lowest BCUT2D eigenvalue weighted by atomic mass is 9.78. The number of rotatable bonds is 12. The molecule has 204 valence electrons. The van der Waals surface area contributed by atoms with Gasteiger partial charge < -0.3 is 23.7 Å². The number of hydrogen-bond donors (Lipinski definition) is 1. The van der Waals surface area contributed by atoms with Crippen molar-refractivity contribution in [3.63, 3.8) is 0 Å². The Kier molecular flexibility index (Phi) is 8.25. The van der Waals surface area contributed by atoms with Gasteiger partial charge in [0.15, 0.2) is 6.10 Å². The molecule has 3 rings (SSSR count). The fourth-order valence-corrected chi connectivity index (χ4v) is 5.55. The van der Waals surface area contributed by atoms with E-state index in [4.69, 9.17) is 23.5 Å². The minimum absolute atomic E-state index is 0.349. The molecule has 0 aromatic rings. The molecular formula is C21H28F2O12S. The Hall–Kier alpha value is -2.39. The third kappa shape index (κ3) is 5.32. The zero-order chi connectivity index (χ0) is 27.0. The molecule has 8 atom stereocenters. The molecule has 2 bridgehead atoms. The van der Waals surface area contributed by atoms with E-state index < -0.39 is 94.4 Å². The van der Waals surface area contributed by atoms with Crippen molar-refractivity contribution in [2.45, 2.75) is 75.8 Å². The van der Waals surface area contributed by atoms with Crippen molar-refractivity contribution < 1.29 is 64.6 Å². The molecule has 2 aliphatic carbocycles. The largest absolute Gasteiger partial charge is 0.458 e. The first-order valence-electron chi connectivity index (χ1n) is 11.4. The molecular weight excluding hydrogens is 514 g/mol. The highest BCUT2D eigenvalue weighted by Crippen LogP contribution is 2.59. The van der Waals surface area contributed by atoms with Crippen LogP contribution in [0.2, 0.25) is 0 Å². The SMILES string of the molecule is CCCC(OC)OC(=O)C1C2CC3C(OC(=O)C31)C2OC(=O)CCC(=O)OC(C)C(F)(F)S(=O)(=O)O. The van der Waals surface area contributed by atoms with Gasteiger partial charge in [0.1, 0.15) is 12.2 Å². The summed E-state index contributed by atoms with van der Waals surface area (Å²) in [6.07, 6.45) is -4.84. The summed E-state index contributed by atoms with van der Waals surface area (Å²) in [5.41, 5.74) is 0. The molecule has 1 aliphatic heterocycles. The average Bonchev–Trinajstić information content (AvgIpc) is 3.40. The Bertz CT molecular complexity index is 999. The summed E-state index contributed by atoms with van der Waals surface area (Å²) in [6.45, 7) is 2.44. The van der Waals surface area contributed by atoms with Crippen molar-refractivity contribution in [1.29, 1.82) is 0 Å². The molecule has 2 saturated carbocycles. The topological polar surface area (TPSA) is 169 Å². The smallest absolute Gasteiger partial charge is 0.405 e. The van der Waals surface area contributed by atoms with Crippen molar-refractivity contribution in [3.05, 3.63) is 0 Å². The van der Waals surface area contributed by atoms with Gasteiger partial charge in [-0.3, -0.25) is 23.7 Å². The standard InChI is InChI=1S/C21H28F2O12S/c1-4-5-14(31-3)34-19(26)15-10-8-11-16(15)20(27)35-18(11)17(10)33-13(25)7-6-12(24)32-9(2)21(22,23)36(28,29)30/h9-11,14-18H,4-8H2,1-3H3,(H,28,29,30). The number of alkyl halides is 2. The molecule has 0 radical (unpaired) electrons.